The van der Waals surface area contributed by atoms with Gasteiger partial charge in [0.05, 0.1) is 17.4 Å². The third-order valence-corrected chi connectivity index (χ3v) is 3.19. The van der Waals surface area contributed by atoms with Gasteiger partial charge in [0.15, 0.2) is 5.69 Å². The summed E-state index contributed by atoms with van der Waals surface area (Å²) in [5, 5.41) is 11.3. The topological polar surface area (TPSA) is 90.8 Å². The van der Waals surface area contributed by atoms with E-state index < -0.39 is 0 Å². The number of rotatable bonds is 4. The van der Waals surface area contributed by atoms with Crippen molar-refractivity contribution in [2.75, 3.05) is 5.73 Å². The van der Waals surface area contributed by atoms with Crippen molar-refractivity contribution in [1.29, 1.82) is 0 Å². The molecule has 2 aromatic rings. The highest BCUT2D eigenvalue weighted by Crippen LogP contribution is 2.17. The molecule has 0 spiro atoms. The molecular formula is C13H20N6O. The molecule has 1 amide bonds. The van der Waals surface area contributed by atoms with Gasteiger partial charge < -0.3 is 11.1 Å². The highest BCUT2D eigenvalue weighted by molar-refractivity contribution is 5.97. The van der Waals surface area contributed by atoms with Gasteiger partial charge in [-0.05, 0) is 20.8 Å². The van der Waals surface area contributed by atoms with Crippen LogP contribution in [-0.2, 0) is 13.6 Å². The summed E-state index contributed by atoms with van der Waals surface area (Å²) in [5.41, 5.74) is 8.33. The fourth-order valence-electron chi connectivity index (χ4n) is 2.16. The molecule has 0 fully saturated rings. The molecule has 3 N–H and O–H groups in total. The third-order valence-electron chi connectivity index (χ3n) is 3.19. The van der Waals surface area contributed by atoms with E-state index in [0.717, 1.165) is 11.3 Å². The van der Waals surface area contributed by atoms with Crippen molar-refractivity contribution in [3.63, 3.8) is 0 Å². The lowest BCUT2D eigenvalue weighted by Crippen LogP contribution is -2.28. The van der Waals surface area contributed by atoms with Crippen LogP contribution < -0.4 is 11.1 Å². The summed E-state index contributed by atoms with van der Waals surface area (Å²) in [6.45, 7) is 6.44. The van der Waals surface area contributed by atoms with E-state index in [0.29, 0.717) is 12.2 Å². The van der Waals surface area contributed by atoms with E-state index in [1.807, 2.05) is 34.0 Å². The maximum atomic E-state index is 12.2. The Morgan fingerprint density at radius 3 is 2.65 bits per heavy atom. The van der Waals surface area contributed by atoms with E-state index in [9.17, 15) is 4.79 Å². The van der Waals surface area contributed by atoms with Crippen molar-refractivity contribution in [2.45, 2.75) is 33.4 Å². The van der Waals surface area contributed by atoms with E-state index in [-0.39, 0.29) is 17.6 Å². The van der Waals surface area contributed by atoms with E-state index in [1.165, 1.54) is 0 Å². The van der Waals surface area contributed by atoms with Crippen LogP contribution in [0.1, 0.15) is 41.6 Å². The Kier molecular flexibility index (Phi) is 3.78. The number of amides is 1. The minimum atomic E-state index is -0.273. The summed E-state index contributed by atoms with van der Waals surface area (Å²) < 4.78 is 3.37. The van der Waals surface area contributed by atoms with Crippen molar-refractivity contribution in [3.05, 3.63) is 29.3 Å². The summed E-state index contributed by atoms with van der Waals surface area (Å²) in [5.74, 6) is -0.273. The minimum absolute atomic E-state index is 0.151. The van der Waals surface area contributed by atoms with E-state index in [2.05, 4.69) is 15.5 Å². The first-order valence-electron chi connectivity index (χ1n) is 6.56. The first-order chi connectivity index (χ1) is 9.42. The van der Waals surface area contributed by atoms with Crippen LogP contribution in [0.15, 0.2) is 12.4 Å². The largest absolute Gasteiger partial charge is 0.396 e. The Bertz CT molecular complexity index is 627. The van der Waals surface area contributed by atoms with Gasteiger partial charge in [0, 0.05) is 31.5 Å². The van der Waals surface area contributed by atoms with Gasteiger partial charge in [-0.15, -0.1) is 0 Å². The Hall–Kier alpha value is -2.31. The number of carbonyl (C=O) groups is 1. The summed E-state index contributed by atoms with van der Waals surface area (Å²) in [4.78, 5) is 12.2. The van der Waals surface area contributed by atoms with Gasteiger partial charge in [-0.25, -0.2) is 0 Å². The van der Waals surface area contributed by atoms with E-state index in [1.54, 1.807) is 15.6 Å². The molecule has 0 aliphatic rings. The maximum absolute atomic E-state index is 12.2. The molecule has 7 heteroatoms. The van der Waals surface area contributed by atoms with Gasteiger partial charge >= 0.3 is 0 Å². The van der Waals surface area contributed by atoms with Crippen molar-refractivity contribution in [3.8, 4) is 0 Å². The quantitative estimate of drug-likeness (QED) is 0.872. The van der Waals surface area contributed by atoms with Gasteiger partial charge in [-0.1, -0.05) is 0 Å². The number of aromatic nitrogens is 4. The van der Waals surface area contributed by atoms with Crippen LogP contribution in [0.3, 0.4) is 0 Å². The van der Waals surface area contributed by atoms with E-state index in [4.69, 9.17) is 5.73 Å². The molecule has 2 heterocycles. The van der Waals surface area contributed by atoms with Gasteiger partial charge in [0.1, 0.15) is 0 Å². The second-order valence-corrected chi connectivity index (χ2v) is 4.83. The summed E-state index contributed by atoms with van der Waals surface area (Å²) in [7, 11) is 1.85. The predicted octanol–water partition coefficient (Wildman–Crippen LogP) is 1.02. The van der Waals surface area contributed by atoms with Crippen molar-refractivity contribution < 1.29 is 4.79 Å². The van der Waals surface area contributed by atoms with Gasteiger partial charge in [0.25, 0.3) is 5.91 Å². The molecule has 0 bridgehead atoms. The first-order valence-corrected chi connectivity index (χ1v) is 6.56. The minimum Gasteiger partial charge on any atom is -0.396 e. The second-order valence-electron chi connectivity index (χ2n) is 4.83. The molecule has 2 aromatic heterocycles. The maximum Gasteiger partial charge on any atom is 0.274 e. The number of nitrogens with zero attached hydrogens (tertiary/aromatic N) is 4. The number of aryl methyl sites for hydroxylation is 3. The highest BCUT2D eigenvalue weighted by atomic mass is 16.2. The molecule has 0 radical (unpaired) electrons. The third kappa shape index (κ3) is 2.66. The van der Waals surface area contributed by atoms with Crippen molar-refractivity contribution >= 4 is 11.6 Å². The van der Waals surface area contributed by atoms with Gasteiger partial charge in [-0.2, -0.15) is 10.2 Å². The summed E-state index contributed by atoms with van der Waals surface area (Å²) in [6.07, 6.45) is 3.56. The number of hydrogen-bond acceptors (Lipinski definition) is 4. The molecular weight excluding hydrogens is 256 g/mol. The molecule has 108 valence electrons. The number of nitrogen functional groups attached to an aromatic ring is 1. The lowest BCUT2D eigenvalue weighted by molar-refractivity contribution is 0.0935. The van der Waals surface area contributed by atoms with Gasteiger partial charge in [0.2, 0.25) is 0 Å². The van der Waals surface area contributed by atoms with Crippen molar-refractivity contribution in [2.24, 2.45) is 7.05 Å². The molecule has 1 unspecified atom stereocenters. The van der Waals surface area contributed by atoms with Crippen LogP contribution in [-0.4, -0.2) is 25.5 Å². The second kappa shape index (κ2) is 5.36. The smallest absolute Gasteiger partial charge is 0.274 e. The standard InChI is InChI=1S/C13H20N6O/c1-5-19-7-11(14)12(17-19)13(20)15-8(2)10-6-18(4)16-9(10)3/h6-8H,5,14H2,1-4H3,(H,15,20). The fourth-order valence-corrected chi connectivity index (χ4v) is 2.16. The zero-order chi connectivity index (χ0) is 14.9. The normalized spacial score (nSPS) is 12.4. The molecule has 7 nitrogen and oxygen atoms in total. The highest BCUT2D eigenvalue weighted by Gasteiger charge is 2.19. The lowest BCUT2D eigenvalue weighted by Gasteiger charge is -2.12. The average molecular weight is 276 g/mol. The van der Waals surface area contributed by atoms with Crippen LogP contribution >= 0.6 is 0 Å². The summed E-state index contributed by atoms with van der Waals surface area (Å²) >= 11 is 0. The molecule has 0 saturated heterocycles. The van der Waals surface area contributed by atoms with Crippen LogP contribution in [0.4, 0.5) is 5.69 Å². The molecule has 0 aromatic carbocycles. The average Bonchev–Trinajstić information content (AvgIpc) is 2.91. The SMILES string of the molecule is CCn1cc(N)c(C(=O)NC(C)c2cn(C)nc2C)n1. The molecule has 0 aliphatic carbocycles. The molecule has 20 heavy (non-hydrogen) atoms. The van der Waals surface area contributed by atoms with Crippen LogP contribution in [0.25, 0.3) is 0 Å². The number of anilines is 1. The van der Waals surface area contributed by atoms with Crippen molar-refractivity contribution in [1.82, 2.24) is 24.9 Å². The van der Waals surface area contributed by atoms with Crippen LogP contribution in [0, 0.1) is 6.92 Å². The van der Waals surface area contributed by atoms with Gasteiger partial charge in [-0.3, -0.25) is 14.2 Å². The number of nitrogens with one attached hydrogen (secondary N) is 1. The number of hydrogen-bond donors (Lipinski definition) is 2. The first kappa shape index (κ1) is 14.1. The molecule has 2 rings (SSSR count). The molecule has 1 atom stereocenters. The van der Waals surface area contributed by atoms with E-state index >= 15 is 0 Å². The van der Waals surface area contributed by atoms with Crippen LogP contribution in [0.5, 0.6) is 0 Å². The Balaban J connectivity index is 2.14. The fraction of sp³-hybridized carbons (Fsp3) is 0.462. The molecule has 0 aliphatic heterocycles. The lowest BCUT2D eigenvalue weighted by atomic mass is 10.1. The predicted molar refractivity (Wildman–Crippen MR) is 76.1 cm³/mol. The number of carbonyl (C=O) groups excluding carboxylic acids is 1. The Morgan fingerprint density at radius 1 is 1.45 bits per heavy atom. The summed E-state index contributed by atoms with van der Waals surface area (Å²) in [6, 6.07) is -0.151. The number of nitrogens with two attached hydrogens (primary N) is 1. The zero-order valence-electron chi connectivity index (χ0n) is 12.2. The molecule has 0 saturated carbocycles. The Labute approximate surface area is 117 Å². The Morgan fingerprint density at radius 2 is 2.15 bits per heavy atom. The zero-order valence-corrected chi connectivity index (χ0v) is 12.2. The monoisotopic (exact) mass is 276 g/mol. The van der Waals surface area contributed by atoms with Crippen LogP contribution in [0.2, 0.25) is 0 Å².